The van der Waals surface area contributed by atoms with Crippen LogP contribution in [0.25, 0.3) is 0 Å². The number of rotatable bonds is 3. The summed E-state index contributed by atoms with van der Waals surface area (Å²) in [6, 6.07) is 6.37. The van der Waals surface area contributed by atoms with E-state index in [0.717, 1.165) is 18.2 Å². The van der Waals surface area contributed by atoms with Gasteiger partial charge in [-0.05, 0) is 24.3 Å². The van der Waals surface area contributed by atoms with Gasteiger partial charge in [-0.2, -0.15) is 0 Å². The molecule has 19 heavy (non-hydrogen) atoms. The van der Waals surface area contributed by atoms with E-state index in [-0.39, 0.29) is 22.8 Å². The van der Waals surface area contributed by atoms with Crippen LogP contribution in [-0.4, -0.2) is 0 Å². The van der Waals surface area contributed by atoms with Crippen LogP contribution in [0.1, 0.15) is 5.56 Å². The zero-order chi connectivity index (χ0) is 14.0. The van der Waals surface area contributed by atoms with Crippen molar-refractivity contribution in [1.29, 1.82) is 0 Å². The van der Waals surface area contributed by atoms with Gasteiger partial charge in [0.2, 0.25) is 0 Å². The quantitative estimate of drug-likeness (QED) is 0.809. The molecule has 6 heteroatoms. The molecule has 2 aromatic carbocycles. The van der Waals surface area contributed by atoms with Crippen LogP contribution in [0, 0.1) is 17.5 Å². The van der Waals surface area contributed by atoms with Gasteiger partial charge in [0.1, 0.15) is 23.1 Å². The Balaban J connectivity index is 2.19. The second-order valence-corrected chi connectivity index (χ2v) is 5.19. The van der Waals surface area contributed by atoms with Crippen molar-refractivity contribution in [3.05, 3.63) is 62.8 Å². The lowest BCUT2D eigenvalue weighted by atomic mass is 10.2. The summed E-state index contributed by atoms with van der Waals surface area (Å²) in [4.78, 5) is 0. The smallest absolute Gasteiger partial charge is 0.150 e. The molecule has 0 unspecified atom stereocenters. The van der Waals surface area contributed by atoms with E-state index in [0.29, 0.717) is 4.47 Å². The summed E-state index contributed by atoms with van der Waals surface area (Å²) in [6.45, 7) is -0.0432. The zero-order valence-corrected chi connectivity index (χ0v) is 11.8. The zero-order valence-electron chi connectivity index (χ0n) is 9.48. The molecule has 2 aromatic rings. The van der Waals surface area contributed by atoms with Gasteiger partial charge in [0, 0.05) is 21.6 Å². The maximum absolute atomic E-state index is 13.5. The Bertz CT molecular complexity index is 596. The summed E-state index contributed by atoms with van der Waals surface area (Å²) in [7, 11) is 0. The third kappa shape index (κ3) is 3.42. The summed E-state index contributed by atoms with van der Waals surface area (Å²) < 4.78 is 40.9. The van der Waals surface area contributed by atoms with E-state index < -0.39 is 17.5 Å². The molecule has 0 saturated heterocycles. The number of benzene rings is 2. The number of anilines is 1. The van der Waals surface area contributed by atoms with Crippen molar-refractivity contribution < 1.29 is 13.2 Å². The Morgan fingerprint density at radius 1 is 1.00 bits per heavy atom. The first-order chi connectivity index (χ1) is 8.97. The molecule has 0 atom stereocenters. The van der Waals surface area contributed by atoms with Gasteiger partial charge in [0.05, 0.1) is 0 Å². The van der Waals surface area contributed by atoms with Gasteiger partial charge >= 0.3 is 0 Å². The third-order valence-electron chi connectivity index (χ3n) is 2.48. The molecule has 100 valence electrons. The van der Waals surface area contributed by atoms with Crippen molar-refractivity contribution in [3.63, 3.8) is 0 Å². The fraction of sp³-hybridized carbons (Fsp3) is 0.0769. The van der Waals surface area contributed by atoms with Crippen LogP contribution in [-0.2, 0) is 6.54 Å². The molecule has 0 bridgehead atoms. The van der Waals surface area contributed by atoms with E-state index in [4.69, 9.17) is 11.6 Å². The topological polar surface area (TPSA) is 12.0 Å². The van der Waals surface area contributed by atoms with Crippen LogP contribution in [0.2, 0.25) is 5.02 Å². The number of hydrogen-bond acceptors (Lipinski definition) is 1. The van der Waals surface area contributed by atoms with Gasteiger partial charge < -0.3 is 5.32 Å². The second kappa shape index (κ2) is 5.84. The predicted octanol–water partition coefficient (Wildman–Crippen LogP) is 5.13. The maximum atomic E-state index is 13.5. The van der Waals surface area contributed by atoms with Crippen molar-refractivity contribution in [2.45, 2.75) is 6.54 Å². The van der Waals surface area contributed by atoms with Gasteiger partial charge in [-0.15, -0.1) is 0 Å². The minimum absolute atomic E-state index is 0.0432. The first kappa shape index (κ1) is 14.2. The van der Waals surface area contributed by atoms with Crippen molar-refractivity contribution >= 4 is 33.2 Å². The highest BCUT2D eigenvalue weighted by atomic mass is 79.9. The molecule has 0 aliphatic carbocycles. The van der Waals surface area contributed by atoms with E-state index in [1.165, 1.54) is 12.1 Å². The van der Waals surface area contributed by atoms with Gasteiger partial charge in [0.25, 0.3) is 0 Å². The molecule has 0 aromatic heterocycles. The van der Waals surface area contributed by atoms with Crippen LogP contribution in [0.3, 0.4) is 0 Å². The molecule has 0 radical (unpaired) electrons. The molecular weight excluding hydrogens is 343 g/mol. The van der Waals surface area contributed by atoms with Crippen LogP contribution in [0.5, 0.6) is 0 Å². The normalized spacial score (nSPS) is 10.6. The minimum Gasteiger partial charge on any atom is -0.376 e. The van der Waals surface area contributed by atoms with Crippen molar-refractivity contribution in [1.82, 2.24) is 0 Å². The average Bonchev–Trinajstić information content (AvgIpc) is 2.30. The monoisotopic (exact) mass is 349 g/mol. The van der Waals surface area contributed by atoms with Gasteiger partial charge in [-0.1, -0.05) is 33.6 Å². The van der Waals surface area contributed by atoms with Gasteiger partial charge in [-0.3, -0.25) is 0 Å². The molecule has 0 fully saturated rings. The summed E-state index contributed by atoms with van der Waals surface area (Å²) >= 11 is 8.60. The van der Waals surface area contributed by atoms with E-state index in [1.807, 2.05) is 0 Å². The van der Waals surface area contributed by atoms with E-state index >= 15 is 0 Å². The maximum Gasteiger partial charge on any atom is 0.150 e. The highest BCUT2D eigenvalue weighted by Crippen LogP contribution is 2.24. The molecule has 0 heterocycles. The molecule has 1 N–H and O–H groups in total. The van der Waals surface area contributed by atoms with Gasteiger partial charge in [-0.25, -0.2) is 13.2 Å². The first-order valence-corrected chi connectivity index (χ1v) is 6.47. The SMILES string of the molecule is Fc1cc(Cl)ccc1CNc1c(F)cc(Br)cc1F. The van der Waals surface area contributed by atoms with Crippen LogP contribution >= 0.6 is 27.5 Å². The molecule has 0 aliphatic heterocycles. The summed E-state index contributed by atoms with van der Waals surface area (Å²) in [5, 5.41) is 2.80. The molecule has 1 nitrogen and oxygen atoms in total. The lowest BCUT2D eigenvalue weighted by Gasteiger charge is -2.10. The third-order valence-corrected chi connectivity index (χ3v) is 3.17. The van der Waals surface area contributed by atoms with Crippen molar-refractivity contribution in [2.75, 3.05) is 5.32 Å². The highest BCUT2D eigenvalue weighted by Gasteiger charge is 2.11. The number of halogens is 5. The Kier molecular flexibility index (Phi) is 4.37. The number of nitrogens with one attached hydrogen (secondary N) is 1. The predicted molar refractivity (Wildman–Crippen MR) is 72.8 cm³/mol. The highest BCUT2D eigenvalue weighted by molar-refractivity contribution is 9.10. The Morgan fingerprint density at radius 3 is 2.21 bits per heavy atom. The Hall–Kier alpha value is -1.20. The molecule has 0 aliphatic rings. The van der Waals surface area contributed by atoms with Crippen molar-refractivity contribution in [3.8, 4) is 0 Å². The summed E-state index contributed by atoms with van der Waals surface area (Å²) in [6.07, 6.45) is 0. The van der Waals surface area contributed by atoms with E-state index in [9.17, 15) is 13.2 Å². The first-order valence-electron chi connectivity index (χ1n) is 5.29. The van der Waals surface area contributed by atoms with Crippen LogP contribution in [0.4, 0.5) is 18.9 Å². The Morgan fingerprint density at radius 2 is 1.63 bits per heavy atom. The summed E-state index contributed by atoms with van der Waals surface area (Å²) in [5.74, 6) is -2.03. The van der Waals surface area contributed by atoms with Crippen LogP contribution < -0.4 is 5.32 Å². The molecule has 2 rings (SSSR count). The number of hydrogen-bond donors (Lipinski definition) is 1. The lowest BCUT2D eigenvalue weighted by molar-refractivity contribution is 0.584. The minimum atomic E-state index is -0.749. The fourth-order valence-corrected chi connectivity index (χ4v) is 2.12. The summed E-state index contributed by atoms with van der Waals surface area (Å²) in [5.41, 5.74) is -0.0244. The largest absolute Gasteiger partial charge is 0.376 e. The van der Waals surface area contributed by atoms with E-state index in [2.05, 4.69) is 21.2 Å². The molecular formula is C13H8BrClF3N. The fourth-order valence-electron chi connectivity index (χ4n) is 1.56. The molecule has 0 spiro atoms. The van der Waals surface area contributed by atoms with Crippen LogP contribution in [0.15, 0.2) is 34.8 Å². The van der Waals surface area contributed by atoms with E-state index in [1.54, 1.807) is 0 Å². The second-order valence-electron chi connectivity index (χ2n) is 3.83. The molecule has 0 saturated carbocycles. The van der Waals surface area contributed by atoms with Gasteiger partial charge in [0.15, 0.2) is 0 Å². The standard InChI is InChI=1S/C13H8BrClF3N/c14-8-3-11(17)13(12(18)4-8)19-6-7-1-2-9(15)5-10(7)16/h1-5,19H,6H2. The molecule has 0 amide bonds. The lowest BCUT2D eigenvalue weighted by Crippen LogP contribution is -2.05. The van der Waals surface area contributed by atoms with Crippen molar-refractivity contribution in [2.24, 2.45) is 0 Å². The Labute approximate surface area is 121 Å². The average molecular weight is 351 g/mol.